The molecule has 1 aromatic rings. The van der Waals surface area contributed by atoms with Gasteiger partial charge in [0.05, 0.1) is 25.8 Å². The summed E-state index contributed by atoms with van der Waals surface area (Å²) in [4.78, 5) is 38.3. The summed E-state index contributed by atoms with van der Waals surface area (Å²) in [5.74, 6) is -0.363. The molecule has 1 rings (SSSR count). The second-order valence-electron chi connectivity index (χ2n) is 9.55. The van der Waals surface area contributed by atoms with Gasteiger partial charge in [-0.3, -0.25) is 0 Å². The van der Waals surface area contributed by atoms with Crippen LogP contribution in [0.5, 0.6) is 0 Å². The van der Waals surface area contributed by atoms with Crippen molar-refractivity contribution in [3.05, 3.63) is 35.9 Å². The van der Waals surface area contributed by atoms with Crippen LogP contribution in [0.3, 0.4) is 0 Å². The standard InChI is InChI=1S/C24H39N3O6/c1-16(2)13-19(21(29)32-7)25-22(30)27(6)15-20(28)18(14-17-11-9-8-10-12-17)26-23(31)33-24(3,4)5/h8-12,16,18-20,28H,13-15H2,1-7H3,(H,25,30)(H,26,31)/t18-,19-,20-/m1/s1. The third-order valence-electron chi connectivity index (χ3n) is 4.76. The van der Waals surface area contributed by atoms with Crippen LogP contribution in [0.4, 0.5) is 9.59 Å². The number of hydrogen-bond donors (Lipinski definition) is 3. The maximum atomic E-state index is 12.7. The maximum Gasteiger partial charge on any atom is 0.407 e. The van der Waals surface area contributed by atoms with Gasteiger partial charge in [0, 0.05) is 7.05 Å². The first kappa shape index (κ1) is 28.2. The van der Waals surface area contributed by atoms with Gasteiger partial charge in [0.1, 0.15) is 11.6 Å². The molecule has 9 heteroatoms. The van der Waals surface area contributed by atoms with Crippen molar-refractivity contribution in [3.63, 3.8) is 0 Å². The van der Waals surface area contributed by atoms with Crippen molar-refractivity contribution < 1.29 is 29.0 Å². The minimum atomic E-state index is -1.09. The van der Waals surface area contributed by atoms with E-state index >= 15 is 0 Å². The molecule has 9 nitrogen and oxygen atoms in total. The maximum absolute atomic E-state index is 12.7. The molecule has 0 aliphatic heterocycles. The Bertz CT molecular complexity index is 763. The predicted molar refractivity (Wildman–Crippen MR) is 126 cm³/mol. The number of rotatable bonds is 10. The Morgan fingerprint density at radius 3 is 2.21 bits per heavy atom. The molecule has 0 fully saturated rings. The van der Waals surface area contributed by atoms with Crippen molar-refractivity contribution in [1.82, 2.24) is 15.5 Å². The van der Waals surface area contributed by atoms with Crippen LogP contribution < -0.4 is 10.6 Å². The number of aliphatic hydroxyl groups is 1. The summed E-state index contributed by atoms with van der Waals surface area (Å²) < 4.78 is 10.1. The van der Waals surface area contributed by atoms with E-state index in [-0.39, 0.29) is 12.5 Å². The monoisotopic (exact) mass is 465 g/mol. The van der Waals surface area contributed by atoms with Gasteiger partial charge >= 0.3 is 18.1 Å². The highest BCUT2D eigenvalue weighted by molar-refractivity contribution is 5.83. The normalized spacial score (nSPS) is 14.1. The van der Waals surface area contributed by atoms with E-state index in [2.05, 4.69) is 10.6 Å². The Balaban J connectivity index is 2.88. The molecular formula is C24H39N3O6. The first-order valence-corrected chi connectivity index (χ1v) is 11.1. The number of aliphatic hydroxyl groups excluding tert-OH is 1. The van der Waals surface area contributed by atoms with E-state index in [1.807, 2.05) is 44.2 Å². The van der Waals surface area contributed by atoms with Crippen LogP contribution >= 0.6 is 0 Å². The fourth-order valence-corrected chi connectivity index (χ4v) is 3.19. The number of hydrogen-bond acceptors (Lipinski definition) is 6. The van der Waals surface area contributed by atoms with Crippen LogP contribution in [-0.2, 0) is 20.7 Å². The van der Waals surface area contributed by atoms with Crippen molar-refractivity contribution in [2.24, 2.45) is 5.92 Å². The molecule has 3 N–H and O–H groups in total. The lowest BCUT2D eigenvalue weighted by Gasteiger charge is -2.30. The molecule has 0 aliphatic carbocycles. The van der Waals surface area contributed by atoms with Crippen molar-refractivity contribution in [2.75, 3.05) is 20.7 Å². The van der Waals surface area contributed by atoms with Gasteiger partial charge in [-0.2, -0.15) is 0 Å². The zero-order valence-corrected chi connectivity index (χ0v) is 20.8. The number of nitrogens with one attached hydrogen (secondary N) is 2. The number of carbonyl (C=O) groups excluding carboxylic acids is 3. The molecule has 1 aromatic carbocycles. The van der Waals surface area contributed by atoms with Crippen LogP contribution in [0.15, 0.2) is 30.3 Å². The van der Waals surface area contributed by atoms with Crippen LogP contribution in [0.1, 0.15) is 46.6 Å². The molecule has 0 spiro atoms. The topological polar surface area (TPSA) is 117 Å². The number of ether oxygens (including phenoxy) is 2. The summed E-state index contributed by atoms with van der Waals surface area (Å²) >= 11 is 0. The number of urea groups is 1. The summed E-state index contributed by atoms with van der Waals surface area (Å²) in [6.45, 7) is 9.06. The lowest BCUT2D eigenvalue weighted by atomic mass is 10.0. The van der Waals surface area contributed by atoms with Crippen molar-refractivity contribution >= 4 is 18.1 Å². The highest BCUT2D eigenvalue weighted by atomic mass is 16.6. The Morgan fingerprint density at radius 1 is 1.09 bits per heavy atom. The number of amides is 3. The molecule has 33 heavy (non-hydrogen) atoms. The third-order valence-corrected chi connectivity index (χ3v) is 4.76. The smallest absolute Gasteiger partial charge is 0.407 e. The summed E-state index contributed by atoms with van der Waals surface area (Å²) in [7, 11) is 2.78. The van der Waals surface area contributed by atoms with E-state index in [0.717, 1.165) is 5.56 Å². The van der Waals surface area contributed by atoms with Crippen LogP contribution in [0.25, 0.3) is 0 Å². The predicted octanol–water partition coefficient (Wildman–Crippen LogP) is 2.71. The fourth-order valence-electron chi connectivity index (χ4n) is 3.19. The van der Waals surface area contributed by atoms with Gasteiger partial charge in [-0.05, 0) is 45.1 Å². The second kappa shape index (κ2) is 13.0. The second-order valence-corrected chi connectivity index (χ2v) is 9.55. The number of likely N-dealkylation sites (N-methyl/N-ethyl adjacent to an activating group) is 1. The lowest BCUT2D eigenvalue weighted by molar-refractivity contribution is -0.143. The van der Waals surface area contributed by atoms with Gasteiger partial charge in [-0.25, -0.2) is 14.4 Å². The molecule has 0 aliphatic rings. The molecule has 0 saturated heterocycles. The Hall–Kier alpha value is -2.81. The average Bonchev–Trinajstić information content (AvgIpc) is 2.71. The Labute approximate surface area is 196 Å². The number of nitrogens with zero attached hydrogens (tertiary/aromatic N) is 1. The molecule has 0 bridgehead atoms. The van der Waals surface area contributed by atoms with Crippen molar-refractivity contribution in [1.29, 1.82) is 0 Å². The highest BCUT2D eigenvalue weighted by Crippen LogP contribution is 2.12. The molecule has 0 unspecified atom stereocenters. The number of alkyl carbamates (subject to hydrolysis) is 1. The molecule has 0 saturated carbocycles. The molecule has 0 aromatic heterocycles. The minimum Gasteiger partial charge on any atom is -0.467 e. The molecule has 186 valence electrons. The van der Waals surface area contributed by atoms with Gasteiger partial charge in [-0.1, -0.05) is 44.2 Å². The first-order chi connectivity index (χ1) is 15.3. The zero-order chi connectivity index (χ0) is 25.2. The number of esters is 1. The van der Waals surface area contributed by atoms with Crippen molar-refractivity contribution in [2.45, 2.75) is 71.2 Å². The van der Waals surface area contributed by atoms with Crippen LogP contribution in [0, 0.1) is 5.92 Å². The largest absolute Gasteiger partial charge is 0.467 e. The Kier molecular flexibility index (Phi) is 11.1. The van der Waals surface area contributed by atoms with E-state index < -0.39 is 41.9 Å². The third kappa shape index (κ3) is 11.1. The number of benzene rings is 1. The van der Waals surface area contributed by atoms with E-state index in [1.165, 1.54) is 19.1 Å². The quantitative estimate of drug-likeness (QED) is 0.458. The number of carbonyl (C=O) groups is 3. The summed E-state index contributed by atoms with van der Waals surface area (Å²) in [6.07, 6.45) is -0.979. The average molecular weight is 466 g/mol. The SMILES string of the molecule is COC(=O)[C@@H](CC(C)C)NC(=O)N(C)C[C@@H](O)[C@@H](Cc1ccccc1)NC(=O)OC(C)(C)C. The van der Waals surface area contributed by atoms with E-state index in [4.69, 9.17) is 9.47 Å². The van der Waals surface area contributed by atoms with Crippen LogP contribution in [-0.4, -0.2) is 72.6 Å². The summed E-state index contributed by atoms with van der Waals surface area (Å²) in [5, 5.41) is 16.3. The molecule has 0 heterocycles. The van der Waals surface area contributed by atoms with Crippen LogP contribution in [0.2, 0.25) is 0 Å². The lowest BCUT2D eigenvalue weighted by Crippen LogP contribution is -2.53. The van der Waals surface area contributed by atoms with Gasteiger partial charge < -0.3 is 30.1 Å². The van der Waals surface area contributed by atoms with Gasteiger partial charge in [0.15, 0.2) is 0 Å². The van der Waals surface area contributed by atoms with Crippen molar-refractivity contribution in [3.8, 4) is 0 Å². The summed E-state index contributed by atoms with van der Waals surface area (Å²) in [5.41, 5.74) is 0.217. The van der Waals surface area contributed by atoms with Gasteiger partial charge in [-0.15, -0.1) is 0 Å². The van der Waals surface area contributed by atoms with E-state index in [0.29, 0.717) is 12.8 Å². The molecule has 3 amide bonds. The zero-order valence-electron chi connectivity index (χ0n) is 20.8. The Morgan fingerprint density at radius 2 is 1.70 bits per heavy atom. The summed E-state index contributed by atoms with van der Waals surface area (Å²) in [6, 6.07) is 7.37. The first-order valence-electron chi connectivity index (χ1n) is 11.1. The minimum absolute atomic E-state index is 0.0747. The number of methoxy groups -OCH3 is 1. The highest BCUT2D eigenvalue weighted by Gasteiger charge is 2.29. The molecule has 3 atom stereocenters. The fraction of sp³-hybridized carbons (Fsp3) is 0.625. The van der Waals surface area contributed by atoms with Gasteiger partial charge in [0.2, 0.25) is 0 Å². The van der Waals surface area contributed by atoms with E-state index in [9.17, 15) is 19.5 Å². The van der Waals surface area contributed by atoms with Gasteiger partial charge in [0.25, 0.3) is 0 Å². The van der Waals surface area contributed by atoms with E-state index in [1.54, 1.807) is 20.8 Å². The molecule has 0 radical (unpaired) electrons. The molecular weight excluding hydrogens is 426 g/mol.